The Labute approximate surface area is 170 Å². The lowest BCUT2D eigenvalue weighted by molar-refractivity contribution is 0.0204. The van der Waals surface area contributed by atoms with Crippen molar-refractivity contribution in [3.8, 4) is 0 Å². The molecule has 0 bridgehead atoms. The van der Waals surface area contributed by atoms with Crippen LogP contribution in [0.4, 0.5) is 5.69 Å². The van der Waals surface area contributed by atoms with Crippen LogP contribution in [-0.2, 0) is 0 Å². The molecule has 3 fully saturated rings. The molecule has 0 aromatic carbocycles. The molecule has 1 atom stereocenters. The van der Waals surface area contributed by atoms with Gasteiger partial charge in [0.2, 0.25) is 0 Å². The van der Waals surface area contributed by atoms with Gasteiger partial charge in [-0.25, -0.2) is 0 Å². The molecule has 3 aliphatic rings. The number of anilines is 1. The molecule has 8 heteroatoms. The number of hydrogen-bond acceptors (Lipinski definition) is 7. The number of nitrogens with one attached hydrogen (secondary N) is 2. The van der Waals surface area contributed by atoms with E-state index >= 15 is 0 Å². The first-order valence-corrected chi connectivity index (χ1v) is 10.8. The van der Waals surface area contributed by atoms with Gasteiger partial charge in [-0.15, -0.1) is 0 Å². The van der Waals surface area contributed by atoms with Crippen LogP contribution in [0.5, 0.6) is 0 Å². The van der Waals surface area contributed by atoms with Gasteiger partial charge in [0, 0.05) is 51.5 Å². The van der Waals surface area contributed by atoms with E-state index in [-0.39, 0.29) is 0 Å². The highest BCUT2D eigenvalue weighted by Gasteiger charge is 2.48. The molecular formula is C19H27ClN6S. The lowest BCUT2D eigenvalue weighted by Gasteiger charge is -2.47. The zero-order chi connectivity index (χ0) is 19.0. The first-order chi connectivity index (χ1) is 13.0. The van der Waals surface area contributed by atoms with Crippen molar-refractivity contribution < 1.29 is 0 Å². The average molecular weight is 407 g/mol. The van der Waals surface area contributed by atoms with Crippen LogP contribution < -0.4 is 4.90 Å². The second-order valence-electron chi connectivity index (χ2n) is 8.18. The Morgan fingerprint density at radius 1 is 1.33 bits per heavy atom. The number of aromatic nitrogens is 1. The van der Waals surface area contributed by atoms with Gasteiger partial charge in [0.1, 0.15) is 10.7 Å². The van der Waals surface area contributed by atoms with E-state index in [1.807, 2.05) is 6.07 Å². The summed E-state index contributed by atoms with van der Waals surface area (Å²) in [6.45, 7) is 6.50. The van der Waals surface area contributed by atoms with Crippen LogP contribution in [0.1, 0.15) is 25.0 Å². The molecule has 1 aromatic rings. The van der Waals surface area contributed by atoms with Crippen molar-refractivity contribution in [1.29, 1.82) is 10.8 Å². The van der Waals surface area contributed by atoms with Crippen LogP contribution in [0.15, 0.2) is 12.3 Å². The molecule has 0 amide bonds. The van der Waals surface area contributed by atoms with E-state index in [2.05, 4.69) is 26.7 Å². The molecule has 1 aromatic heterocycles. The summed E-state index contributed by atoms with van der Waals surface area (Å²) < 4.78 is 0. The third-order valence-electron chi connectivity index (χ3n) is 6.28. The zero-order valence-corrected chi connectivity index (χ0v) is 17.3. The SMILES string of the molecule is CN1CC2(CCC(N3CCN(c4cc(Cl)cnc4C(=N)SC=N)CC3)C2)C1. The van der Waals surface area contributed by atoms with E-state index in [9.17, 15) is 0 Å². The number of piperazine rings is 1. The Hall–Kier alpha value is -1.15. The van der Waals surface area contributed by atoms with E-state index in [0.717, 1.165) is 49.7 Å². The van der Waals surface area contributed by atoms with Crippen LogP contribution in [-0.4, -0.2) is 77.7 Å². The Morgan fingerprint density at radius 2 is 2.07 bits per heavy atom. The fraction of sp³-hybridized carbons (Fsp3) is 0.632. The number of thioether (sulfide) groups is 1. The van der Waals surface area contributed by atoms with E-state index < -0.39 is 0 Å². The largest absolute Gasteiger partial charge is 0.367 e. The molecule has 4 rings (SSSR count). The van der Waals surface area contributed by atoms with Crippen LogP contribution in [0.25, 0.3) is 0 Å². The van der Waals surface area contributed by atoms with Crippen LogP contribution in [0.2, 0.25) is 5.02 Å². The van der Waals surface area contributed by atoms with Crippen molar-refractivity contribution in [2.75, 3.05) is 51.2 Å². The highest BCUT2D eigenvalue weighted by atomic mass is 35.5. The molecule has 2 saturated heterocycles. The van der Waals surface area contributed by atoms with Gasteiger partial charge in [-0.05, 0) is 37.8 Å². The first kappa shape index (κ1) is 19.2. The summed E-state index contributed by atoms with van der Waals surface area (Å²) in [5.74, 6) is 0. The Morgan fingerprint density at radius 3 is 2.74 bits per heavy atom. The maximum atomic E-state index is 8.19. The molecule has 1 unspecified atom stereocenters. The normalized spacial score (nSPS) is 25.6. The van der Waals surface area contributed by atoms with Crippen LogP contribution in [0, 0.1) is 16.2 Å². The monoisotopic (exact) mass is 406 g/mol. The predicted octanol–water partition coefficient (Wildman–Crippen LogP) is 3.01. The summed E-state index contributed by atoms with van der Waals surface area (Å²) in [6, 6.07) is 2.64. The van der Waals surface area contributed by atoms with E-state index in [4.69, 9.17) is 22.4 Å². The zero-order valence-electron chi connectivity index (χ0n) is 15.7. The molecule has 1 saturated carbocycles. The van der Waals surface area contributed by atoms with Gasteiger partial charge < -0.3 is 15.2 Å². The molecule has 1 spiro atoms. The van der Waals surface area contributed by atoms with Gasteiger partial charge in [0.05, 0.1) is 16.3 Å². The average Bonchev–Trinajstić information content (AvgIpc) is 3.07. The summed E-state index contributed by atoms with van der Waals surface area (Å²) >= 11 is 7.27. The molecule has 1 aliphatic carbocycles. The third kappa shape index (κ3) is 3.88. The van der Waals surface area contributed by atoms with Gasteiger partial charge >= 0.3 is 0 Å². The third-order valence-corrected chi connectivity index (χ3v) is 7.04. The van der Waals surface area contributed by atoms with Crippen LogP contribution in [0.3, 0.4) is 0 Å². The second kappa shape index (κ2) is 7.70. The highest BCUT2D eigenvalue weighted by molar-refractivity contribution is 8.25. The number of pyridine rings is 1. The lowest BCUT2D eigenvalue weighted by atomic mass is 9.78. The number of nitrogens with zero attached hydrogens (tertiary/aromatic N) is 4. The molecule has 2 N–H and O–H groups in total. The summed E-state index contributed by atoms with van der Waals surface area (Å²) in [4.78, 5) is 11.8. The first-order valence-electron chi connectivity index (χ1n) is 9.57. The van der Waals surface area contributed by atoms with Gasteiger partial charge in [-0.1, -0.05) is 23.4 Å². The van der Waals surface area contributed by atoms with E-state index in [1.54, 1.807) is 6.20 Å². The predicted molar refractivity (Wildman–Crippen MR) is 114 cm³/mol. The lowest BCUT2D eigenvalue weighted by Crippen LogP contribution is -2.54. The number of hydrogen-bond donors (Lipinski definition) is 2. The Balaban J connectivity index is 1.40. The van der Waals surface area contributed by atoms with Crippen molar-refractivity contribution >= 4 is 39.6 Å². The number of likely N-dealkylation sites (tertiary alicyclic amines) is 1. The molecule has 3 heterocycles. The smallest absolute Gasteiger partial charge is 0.121 e. The number of halogens is 1. The minimum absolute atomic E-state index is 0.297. The fourth-order valence-electron chi connectivity index (χ4n) is 5.16. The Bertz CT molecular complexity index is 727. The molecule has 146 valence electrons. The molecule has 0 radical (unpaired) electrons. The highest BCUT2D eigenvalue weighted by Crippen LogP contribution is 2.46. The standard InChI is InChI=1S/C19H27ClN6S/c1-24-11-19(12-24)3-2-15(9-19)25-4-6-26(7-5-25)16-8-14(20)10-23-17(16)18(22)27-13-21/h8,10,13,15,21-22H,2-7,9,11-12H2,1H3. The van der Waals surface area contributed by atoms with Crippen molar-refractivity contribution in [2.24, 2.45) is 5.41 Å². The van der Waals surface area contributed by atoms with Gasteiger partial charge in [0.15, 0.2) is 0 Å². The van der Waals surface area contributed by atoms with Crippen molar-refractivity contribution in [1.82, 2.24) is 14.8 Å². The fourth-order valence-corrected chi connectivity index (χ4v) is 5.70. The maximum Gasteiger partial charge on any atom is 0.121 e. The minimum atomic E-state index is 0.297. The van der Waals surface area contributed by atoms with E-state index in [0.29, 0.717) is 21.2 Å². The molecular weight excluding hydrogens is 380 g/mol. The summed E-state index contributed by atoms with van der Waals surface area (Å²) in [5.41, 5.74) is 3.32. The topological polar surface area (TPSA) is 70.3 Å². The minimum Gasteiger partial charge on any atom is -0.367 e. The molecule has 6 nitrogen and oxygen atoms in total. The maximum absolute atomic E-state index is 8.19. The summed E-state index contributed by atoms with van der Waals surface area (Å²) in [5, 5.41) is 16.3. The van der Waals surface area contributed by atoms with E-state index in [1.165, 1.54) is 37.9 Å². The molecule has 2 aliphatic heterocycles. The summed E-state index contributed by atoms with van der Waals surface area (Å²) in [7, 11) is 2.22. The second-order valence-corrected chi connectivity index (χ2v) is 9.49. The van der Waals surface area contributed by atoms with Gasteiger partial charge in [-0.2, -0.15) is 0 Å². The van der Waals surface area contributed by atoms with Crippen molar-refractivity contribution in [3.63, 3.8) is 0 Å². The van der Waals surface area contributed by atoms with Crippen molar-refractivity contribution in [2.45, 2.75) is 25.3 Å². The quantitative estimate of drug-likeness (QED) is 0.594. The number of rotatable bonds is 4. The Kier molecular flexibility index (Phi) is 5.47. The summed E-state index contributed by atoms with van der Waals surface area (Å²) in [6.07, 6.45) is 5.65. The van der Waals surface area contributed by atoms with Crippen molar-refractivity contribution in [3.05, 3.63) is 23.0 Å². The van der Waals surface area contributed by atoms with Gasteiger partial charge in [-0.3, -0.25) is 15.3 Å². The van der Waals surface area contributed by atoms with Crippen LogP contribution >= 0.6 is 23.4 Å². The van der Waals surface area contributed by atoms with Gasteiger partial charge in [0.25, 0.3) is 0 Å². The molecule has 27 heavy (non-hydrogen) atoms.